The Morgan fingerprint density at radius 2 is 2.03 bits per heavy atom. The highest BCUT2D eigenvalue weighted by Gasteiger charge is 2.45. The SMILES string of the molecule is CN(c1ncnc2c1ncn2C1O[C@H](COS(N)(=O)=O)[C@@H](O)[C@H]1O)[C@H]1CCc2ccccc21. The second-order valence-electron chi connectivity index (χ2n) is 8.21. The number of aliphatic hydroxyl groups excluding tert-OH is 2. The molecular formula is C20H24N6O6S. The number of nitrogens with zero attached hydrogens (tertiary/aromatic N) is 5. The van der Waals surface area contributed by atoms with Crippen LogP contribution in [0.3, 0.4) is 0 Å². The fourth-order valence-corrected chi connectivity index (χ4v) is 4.95. The van der Waals surface area contributed by atoms with Gasteiger partial charge in [-0.3, -0.25) is 8.75 Å². The van der Waals surface area contributed by atoms with E-state index in [1.54, 1.807) is 0 Å². The molecule has 0 radical (unpaired) electrons. The number of nitrogens with two attached hydrogens (primary N) is 1. The van der Waals surface area contributed by atoms with Gasteiger partial charge in [0.2, 0.25) is 0 Å². The van der Waals surface area contributed by atoms with Crippen LogP contribution in [0.2, 0.25) is 0 Å². The Labute approximate surface area is 189 Å². The summed E-state index contributed by atoms with van der Waals surface area (Å²) in [5.41, 5.74) is 3.48. The third-order valence-electron chi connectivity index (χ3n) is 6.25. The van der Waals surface area contributed by atoms with E-state index in [-0.39, 0.29) is 6.04 Å². The van der Waals surface area contributed by atoms with Crippen molar-refractivity contribution >= 4 is 27.3 Å². The molecule has 2 aromatic heterocycles. The number of anilines is 1. The second-order valence-corrected chi connectivity index (χ2v) is 9.43. The maximum Gasteiger partial charge on any atom is 0.333 e. The van der Waals surface area contributed by atoms with Gasteiger partial charge in [0.15, 0.2) is 23.2 Å². The van der Waals surface area contributed by atoms with Crippen molar-refractivity contribution in [2.75, 3.05) is 18.6 Å². The monoisotopic (exact) mass is 476 g/mol. The van der Waals surface area contributed by atoms with Crippen molar-refractivity contribution in [3.05, 3.63) is 48.0 Å². The van der Waals surface area contributed by atoms with E-state index in [2.05, 4.69) is 36.2 Å². The minimum atomic E-state index is -4.22. The summed E-state index contributed by atoms with van der Waals surface area (Å²) in [5, 5.41) is 25.7. The van der Waals surface area contributed by atoms with Gasteiger partial charge in [-0.15, -0.1) is 0 Å². The highest BCUT2D eigenvalue weighted by atomic mass is 32.2. The summed E-state index contributed by atoms with van der Waals surface area (Å²) >= 11 is 0. The molecule has 12 nitrogen and oxygen atoms in total. The van der Waals surface area contributed by atoms with Crippen molar-refractivity contribution in [1.29, 1.82) is 0 Å². The Morgan fingerprint density at radius 1 is 1.24 bits per heavy atom. The molecule has 1 aliphatic heterocycles. The summed E-state index contributed by atoms with van der Waals surface area (Å²) in [6.07, 6.45) is -0.142. The lowest BCUT2D eigenvalue weighted by atomic mass is 10.1. The maximum atomic E-state index is 11.1. The molecule has 13 heteroatoms. The topological polar surface area (TPSA) is 166 Å². The van der Waals surface area contributed by atoms with E-state index in [1.165, 1.54) is 28.3 Å². The quantitative estimate of drug-likeness (QED) is 0.433. The Bertz CT molecular complexity index is 1280. The molecule has 1 fully saturated rings. The summed E-state index contributed by atoms with van der Waals surface area (Å²) in [7, 11) is -2.26. The number of imidazole rings is 1. The van der Waals surface area contributed by atoms with E-state index in [1.807, 2.05) is 19.2 Å². The smallest absolute Gasteiger partial charge is 0.333 e. The standard InChI is InChI=1S/C20H24N6O6S/c1-25(13-7-6-11-4-2-3-5-12(11)13)18-15-19(23-9-22-18)26(10-24-15)20-17(28)16(27)14(32-20)8-31-33(21,29)30/h2-5,9-10,13-14,16-17,20,27-28H,6-8H2,1H3,(H2,21,29,30)/t13-,14+,16+,17+,20?/m0/s1. The summed E-state index contributed by atoms with van der Waals surface area (Å²) in [6, 6.07) is 8.45. The van der Waals surface area contributed by atoms with Crippen molar-refractivity contribution in [3.63, 3.8) is 0 Å². The van der Waals surface area contributed by atoms with Crippen LogP contribution in [0.5, 0.6) is 0 Å². The van der Waals surface area contributed by atoms with Gasteiger partial charge in [-0.25, -0.2) is 20.1 Å². The fraction of sp³-hybridized carbons (Fsp3) is 0.450. The number of aliphatic hydroxyl groups is 2. The van der Waals surface area contributed by atoms with E-state index >= 15 is 0 Å². The molecule has 1 aliphatic carbocycles. The van der Waals surface area contributed by atoms with Gasteiger partial charge in [-0.2, -0.15) is 8.42 Å². The van der Waals surface area contributed by atoms with Gasteiger partial charge in [0.25, 0.3) is 0 Å². The second kappa shape index (κ2) is 8.27. The molecule has 0 bridgehead atoms. The van der Waals surface area contributed by atoms with E-state index in [0.717, 1.165) is 12.8 Å². The number of fused-ring (bicyclic) bond motifs is 2. The highest BCUT2D eigenvalue weighted by molar-refractivity contribution is 7.84. The number of aromatic nitrogens is 4. The first kappa shape index (κ1) is 22.1. The van der Waals surface area contributed by atoms with Crippen LogP contribution in [0.4, 0.5) is 5.82 Å². The Hall–Kier alpha value is -2.68. The predicted octanol–water partition coefficient (Wildman–Crippen LogP) is -0.211. The Balaban J connectivity index is 1.44. The van der Waals surface area contributed by atoms with Crippen LogP contribution in [0.25, 0.3) is 11.2 Å². The van der Waals surface area contributed by atoms with E-state index < -0.39 is 41.5 Å². The first-order chi connectivity index (χ1) is 15.7. The molecule has 4 N–H and O–H groups in total. The van der Waals surface area contributed by atoms with E-state index in [4.69, 9.17) is 9.88 Å². The van der Waals surface area contributed by atoms with E-state index in [0.29, 0.717) is 17.0 Å². The van der Waals surface area contributed by atoms with Crippen LogP contribution in [0.15, 0.2) is 36.9 Å². The lowest BCUT2D eigenvalue weighted by Gasteiger charge is -2.26. The van der Waals surface area contributed by atoms with Gasteiger partial charge in [-0.05, 0) is 24.0 Å². The molecule has 0 amide bonds. The van der Waals surface area contributed by atoms with Gasteiger partial charge >= 0.3 is 10.3 Å². The van der Waals surface area contributed by atoms with Crippen molar-refractivity contribution < 1.29 is 27.6 Å². The zero-order valence-electron chi connectivity index (χ0n) is 17.7. The number of rotatable bonds is 6. The maximum absolute atomic E-state index is 11.1. The summed E-state index contributed by atoms with van der Waals surface area (Å²) in [5.74, 6) is 0.627. The van der Waals surface area contributed by atoms with Gasteiger partial charge in [0.05, 0.1) is 19.0 Å². The fourth-order valence-electron chi connectivity index (χ4n) is 4.63. The van der Waals surface area contributed by atoms with Crippen LogP contribution in [0, 0.1) is 0 Å². The van der Waals surface area contributed by atoms with Gasteiger partial charge in [0, 0.05) is 7.05 Å². The van der Waals surface area contributed by atoms with Crippen LogP contribution < -0.4 is 10.0 Å². The van der Waals surface area contributed by atoms with Crippen molar-refractivity contribution in [2.45, 2.75) is 43.4 Å². The first-order valence-electron chi connectivity index (χ1n) is 10.4. The first-order valence-corrected chi connectivity index (χ1v) is 11.9. The number of hydrogen-bond acceptors (Lipinski definition) is 10. The largest absolute Gasteiger partial charge is 0.387 e. The average Bonchev–Trinajstić information content (AvgIpc) is 3.48. The lowest BCUT2D eigenvalue weighted by Crippen LogP contribution is -2.35. The third-order valence-corrected chi connectivity index (χ3v) is 6.71. The summed E-state index contributed by atoms with van der Waals surface area (Å²) in [6.45, 7) is -0.537. The van der Waals surface area contributed by atoms with Crippen molar-refractivity contribution in [3.8, 4) is 0 Å². The molecule has 5 rings (SSSR count). The molecule has 3 aromatic rings. The zero-order valence-corrected chi connectivity index (χ0v) is 18.5. The average molecular weight is 477 g/mol. The molecule has 1 saturated heterocycles. The number of aryl methyl sites for hydroxylation is 1. The zero-order chi connectivity index (χ0) is 23.3. The summed E-state index contributed by atoms with van der Waals surface area (Å²) in [4.78, 5) is 15.3. The lowest BCUT2D eigenvalue weighted by molar-refractivity contribution is -0.0467. The van der Waals surface area contributed by atoms with Crippen LogP contribution in [0.1, 0.15) is 29.8 Å². The predicted molar refractivity (Wildman–Crippen MR) is 116 cm³/mol. The van der Waals surface area contributed by atoms with E-state index in [9.17, 15) is 18.6 Å². The molecule has 2 aliphatic rings. The molecule has 1 unspecified atom stereocenters. The highest BCUT2D eigenvalue weighted by Crippen LogP contribution is 2.39. The van der Waals surface area contributed by atoms with Crippen molar-refractivity contribution in [2.24, 2.45) is 5.14 Å². The normalized spacial score (nSPS) is 27.2. The number of ether oxygens (including phenoxy) is 1. The molecule has 1 aromatic carbocycles. The third kappa shape index (κ3) is 3.96. The minimum absolute atomic E-state index is 0.138. The molecule has 0 spiro atoms. The molecular weight excluding hydrogens is 452 g/mol. The molecule has 33 heavy (non-hydrogen) atoms. The minimum Gasteiger partial charge on any atom is -0.387 e. The van der Waals surface area contributed by atoms with Crippen LogP contribution in [-0.2, 0) is 25.6 Å². The Kier molecular flexibility index (Phi) is 5.55. The molecule has 176 valence electrons. The number of benzene rings is 1. The molecule has 3 heterocycles. The number of hydrogen-bond donors (Lipinski definition) is 3. The van der Waals surface area contributed by atoms with Gasteiger partial charge < -0.3 is 19.8 Å². The molecule has 5 atom stereocenters. The van der Waals surface area contributed by atoms with Gasteiger partial charge in [0.1, 0.15) is 24.6 Å². The Morgan fingerprint density at radius 3 is 2.82 bits per heavy atom. The van der Waals surface area contributed by atoms with Crippen LogP contribution >= 0.6 is 0 Å². The summed E-state index contributed by atoms with van der Waals surface area (Å²) < 4.78 is 33.8. The van der Waals surface area contributed by atoms with Gasteiger partial charge in [-0.1, -0.05) is 24.3 Å². The molecule has 0 saturated carbocycles. The van der Waals surface area contributed by atoms with Crippen LogP contribution in [-0.4, -0.2) is 70.1 Å². The van der Waals surface area contributed by atoms with Crippen molar-refractivity contribution in [1.82, 2.24) is 19.5 Å².